The molecule has 2 atom stereocenters. The molecule has 0 unspecified atom stereocenters. The third-order valence-electron chi connectivity index (χ3n) is 6.88. The summed E-state index contributed by atoms with van der Waals surface area (Å²) in [5.74, 6) is -0.493. The standard InChI is InChI=1S/C23H24ClF3N10O2/c1-11(39-3)17-16(10-28-22-30-21(24)33-37(17)22)29-15-6-4-12(5-7-15)18(23(25,26)27)36(2)20(38)14-8-13(9-14)19-31-34-35-32-19/h4-7,10-11,13-14,18,29H,8-9H2,1-3H3,(H,31,32,34,35)/t11-,13?,14?,18-/m0/s1. The molecule has 3 aromatic heterocycles. The van der Waals surface area contributed by atoms with E-state index in [9.17, 15) is 18.0 Å². The van der Waals surface area contributed by atoms with Gasteiger partial charge in [-0.1, -0.05) is 17.3 Å². The number of fused-ring (bicyclic) bond motifs is 1. The fourth-order valence-corrected chi connectivity index (χ4v) is 4.90. The number of carbonyl (C=O) groups is 1. The summed E-state index contributed by atoms with van der Waals surface area (Å²) >= 11 is 5.94. The third kappa shape index (κ3) is 5.23. The maximum Gasteiger partial charge on any atom is 0.413 e. The van der Waals surface area contributed by atoms with Crippen molar-refractivity contribution in [2.75, 3.05) is 19.5 Å². The lowest BCUT2D eigenvalue weighted by Crippen LogP contribution is -2.45. The van der Waals surface area contributed by atoms with E-state index >= 15 is 0 Å². The van der Waals surface area contributed by atoms with Gasteiger partial charge in [0.15, 0.2) is 11.9 Å². The molecule has 0 aliphatic heterocycles. The molecule has 2 N–H and O–H groups in total. The number of amides is 1. The summed E-state index contributed by atoms with van der Waals surface area (Å²) in [7, 11) is 2.70. The number of hydrogen-bond acceptors (Lipinski definition) is 9. The van der Waals surface area contributed by atoms with Crippen molar-refractivity contribution in [3.63, 3.8) is 0 Å². The SMILES string of the molecule is CO[C@@H](C)c1c(Nc2ccc([C@H](N(C)C(=O)C3CC(c4nn[nH]n4)C3)C(F)(F)F)cc2)cnc2nc(Cl)nn12. The highest BCUT2D eigenvalue weighted by molar-refractivity contribution is 6.28. The van der Waals surface area contributed by atoms with E-state index in [0.717, 1.165) is 4.90 Å². The molecule has 1 aliphatic carbocycles. The first kappa shape index (κ1) is 26.7. The van der Waals surface area contributed by atoms with Crippen molar-refractivity contribution in [1.29, 1.82) is 0 Å². The average molecular weight is 565 g/mol. The van der Waals surface area contributed by atoms with Crippen molar-refractivity contribution in [2.45, 2.75) is 44.0 Å². The number of halogens is 4. The zero-order chi connectivity index (χ0) is 27.9. The van der Waals surface area contributed by atoms with Crippen LogP contribution in [0.1, 0.15) is 54.9 Å². The number of benzene rings is 1. The van der Waals surface area contributed by atoms with Crippen molar-refractivity contribution < 1.29 is 22.7 Å². The van der Waals surface area contributed by atoms with E-state index in [-0.39, 0.29) is 22.5 Å². The maximum absolute atomic E-state index is 14.2. The van der Waals surface area contributed by atoms with Gasteiger partial charge in [-0.15, -0.1) is 15.3 Å². The number of ether oxygens (including phenoxy) is 1. The summed E-state index contributed by atoms with van der Waals surface area (Å²) in [6.45, 7) is 1.80. The van der Waals surface area contributed by atoms with Gasteiger partial charge in [-0.2, -0.15) is 27.9 Å². The Hall–Kier alpha value is -3.85. The first-order chi connectivity index (χ1) is 18.6. The van der Waals surface area contributed by atoms with Gasteiger partial charge in [-0.3, -0.25) is 4.79 Å². The number of aromatic amines is 1. The lowest BCUT2D eigenvalue weighted by Gasteiger charge is -2.38. The van der Waals surface area contributed by atoms with Gasteiger partial charge in [0.2, 0.25) is 11.2 Å². The van der Waals surface area contributed by atoms with Gasteiger partial charge in [0.25, 0.3) is 5.78 Å². The van der Waals surface area contributed by atoms with E-state index in [2.05, 4.69) is 41.0 Å². The summed E-state index contributed by atoms with van der Waals surface area (Å²) in [6, 6.07) is 3.57. The number of alkyl halides is 3. The van der Waals surface area contributed by atoms with E-state index in [4.69, 9.17) is 16.3 Å². The largest absolute Gasteiger partial charge is 0.413 e. The highest BCUT2D eigenvalue weighted by Gasteiger charge is 2.48. The molecule has 4 aromatic rings. The molecule has 5 rings (SSSR count). The Morgan fingerprint density at radius 3 is 2.62 bits per heavy atom. The zero-order valence-corrected chi connectivity index (χ0v) is 21.8. The molecule has 1 fully saturated rings. The quantitative estimate of drug-likeness (QED) is 0.325. The Morgan fingerprint density at radius 1 is 1.28 bits per heavy atom. The van der Waals surface area contributed by atoms with Crippen LogP contribution in [0.15, 0.2) is 30.5 Å². The van der Waals surface area contributed by atoms with Crippen LogP contribution in [-0.2, 0) is 9.53 Å². The molecule has 0 bridgehead atoms. The first-order valence-corrected chi connectivity index (χ1v) is 12.3. The molecule has 1 amide bonds. The van der Waals surface area contributed by atoms with Crippen LogP contribution in [0.2, 0.25) is 5.28 Å². The highest BCUT2D eigenvalue weighted by Crippen LogP contribution is 2.44. The number of nitrogens with one attached hydrogen (secondary N) is 2. The number of anilines is 2. The number of rotatable bonds is 8. The van der Waals surface area contributed by atoms with Gasteiger partial charge < -0.3 is 15.0 Å². The number of hydrogen-bond donors (Lipinski definition) is 2. The molecular weight excluding hydrogens is 541 g/mol. The lowest BCUT2D eigenvalue weighted by atomic mass is 9.73. The zero-order valence-electron chi connectivity index (χ0n) is 21.0. The van der Waals surface area contributed by atoms with Gasteiger partial charge in [0.1, 0.15) is 0 Å². The number of H-pyrrole nitrogens is 1. The molecule has 12 nitrogen and oxygen atoms in total. The number of nitrogens with zero attached hydrogens (tertiary/aromatic N) is 8. The minimum absolute atomic E-state index is 0.0117. The Morgan fingerprint density at radius 2 is 2.00 bits per heavy atom. The summed E-state index contributed by atoms with van der Waals surface area (Å²) in [5.41, 5.74) is 1.50. The number of carbonyl (C=O) groups excluding carboxylic acids is 1. The predicted octanol–water partition coefficient (Wildman–Crippen LogP) is 4.00. The molecule has 0 saturated heterocycles. The molecule has 1 aliphatic rings. The van der Waals surface area contributed by atoms with E-state index in [1.807, 2.05) is 0 Å². The van der Waals surface area contributed by atoms with Crippen molar-refractivity contribution >= 4 is 34.7 Å². The predicted molar refractivity (Wildman–Crippen MR) is 132 cm³/mol. The molecule has 1 aromatic carbocycles. The Kier molecular flexibility index (Phi) is 7.11. The Bertz CT molecular complexity index is 1460. The monoisotopic (exact) mass is 564 g/mol. The smallest absolute Gasteiger partial charge is 0.375 e. The molecule has 1 saturated carbocycles. The van der Waals surface area contributed by atoms with Gasteiger partial charge in [-0.25, -0.2) is 4.98 Å². The molecule has 3 heterocycles. The van der Waals surface area contributed by atoms with Crippen molar-refractivity contribution in [3.05, 3.63) is 52.8 Å². The molecule has 0 spiro atoms. The topological polar surface area (TPSA) is 139 Å². The van der Waals surface area contributed by atoms with Crippen LogP contribution >= 0.6 is 11.6 Å². The molecule has 206 valence electrons. The van der Waals surface area contributed by atoms with E-state index in [0.29, 0.717) is 35.7 Å². The van der Waals surface area contributed by atoms with E-state index in [1.54, 1.807) is 6.92 Å². The van der Waals surface area contributed by atoms with Crippen LogP contribution in [0.25, 0.3) is 5.78 Å². The van der Waals surface area contributed by atoms with E-state index in [1.165, 1.54) is 49.1 Å². The molecule has 16 heteroatoms. The van der Waals surface area contributed by atoms with E-state index < -0.39 is 30.1 Å². The molecule has 39 heavy (non-hydrogen) atoms. The molecule has 0 radical (unpaired) electrons. The number of aromatic nitrogens is 8. The van der Waals surface area contributed by atoms with Crippen molar-refractivity contribution in [3.8, 4) is 0 Å². The van der Waals surface area contributed by atoms with Crippen LogP contribution in [-0.4, -0.2) is 71.3 Å². The van der Waals surface area contributed by atoms with Crippen LogP contribution in [0, 0.1) is 5.92 Å². The van der Waals surface area contributed by atoms with Gasteiger partial charge in [0.05, 0.1) is 23.7 Å². The summed E-state index contributed by atoms with van der Waals surface area (Å²) in [4.78, 5) is 22.0. The number of methoxy groups -OCH3 is 1. The van der Waals surface area contributed by atoms with Gasteiger partial charge >= 0.3 is 6.18 Å². The van der Waals surface area contributed by atoms with Gasteiger partial charge in [0, 0.05) is 31.7 Å². The summed E-state index contributed by atoms with van der Waals surface area (Å²) in [5, 5.41) is 20.9. The average Bonchev–Trinajstić information content (AvgIpc) is 3.52. The normalized spacial score (nSPS) is 18.9. The second-order valence-corrected chi connectivity index (χ2v) is 9.64. The second kappa shape index (κ2) is 10.4. The summed E-state index contributed by atoms with van der Waals surface area (Å²) in [6.07, 6.45) is -2.86. The highest BCUT2D eigenvalue weighted by atomic mass is 35.5. The second-order valence-electron chi connectivity index (χ2n) is 9.30. The number of tetrazole rings is 1. The van der Waals surface area contributed by atoms with Crippen molar-refractivity contribution in [1.82, 2.24) is 45.1 Å². The fourth-order valence-electron chi connectivity index (χ4n) is 4.75. The maximum atomic E-state index is 14.2. The minimum Gasteiger partial charge on any atom is -0.375 e. The third-order valence-corrected chi connectivity index (χ3v) is 7.04. The van der Waals surface area contributed by atoms with Crippen LogP contribution in [0.4, 0.5) is 24.5 Å². The fraction of sp³-hybridized carbons (Fsp3) is 0.435. The first-order valence-electron chi connectivity index (χ1n) is 11.9. The van der Waals surface area contributed by atoms with Crippen LogP contribution < -0.4 is 5.32 Å². The summed E-state index contributed by atoms with van der Waals surface area (Å²) < 4.78 is 49.5. The van der Waals surface area contributed by atoms with Crippen LogP contribution in [0.3, 0.4) is 0 Å². The lowest BCUT2D eigenvalue weighted by molar-refractivity contribution is -0.191. The van der Waals surface area contributed by atoms with Crippen LogP contribution in [0.5, 0.6) is 0 Å². The molecular formula is C23H24ClF3N10O2. The minimum atomic E-state index is -4.68. The van der Waals surface area contributed by atoms with Crippen molar-refractivity contribution in [2.24, 2.45) is 5.92 Å². The Labute approximate surface area is 224 Å². The Balaban J connectivity index is 1.35. The van der Waals surface area contributed by atoms with Gasteiger partial charge in [-0.05, 0) is 49.1 Å².